The molecule has 5 saturated carbocycles. The van der Waals surface area contributed by atoms with Gasteiger partial charge in [-0.15, -0.1) is 0 Å². The predicted molar refractivity (Wildman–Crippen MR) is 87.1 cm³/mol. The van der Waals surface area contributed by atoms with Crippen LogP contribution >= 0.6 is 0 Å². The first kappa shape index (κ1) is 15.3. The molecule has 1 N–H and O–H groups in total. The van der Waals surface area contributed by atoms with E-state index in [4.69, 9.17) is 4.74 Å². The Hall–Kier alpha value is -1.00. The monoisotopic (exact) mass is 330 g/mol. The molecule has 0 radical (unpaired) electrons. The molecular weight excluding hydrogens is 304 g/mol. The summed E-state index contributed by atoms with van der Waals surface area (Å²) in [7, 11) is 0. The number of hydrogen-bond donors (Lipinski definition) is 1. The van der Waals surface area contributed by atoms with E-state index in [1.54, 1.807) is 0 Å². The van der Waals surface area contributed by atoms with E-state index in [-0.39, 0.29) is 40.3 Å². The fourth-order valence-electron chi connectivity index (χ4n) is 7.32. The van der Waals surface area contributed by atoms with Gasteiger partial charge in [0.2, 0.25) is 11.6 Å². The third-order valence-electron chi connectivity index (χ3n) is 8.71. The quantitative estimate of drug-likeness (QED) is 0.547. The summed E-state index contributed by atoms with van der Waals surface area (Å²) in [6, 6.07) is 0. The van der Waals surface area contributed by atoms with Crippen LogP contribution in [0.15, 0.2) is 12.2 Å². The van der Waals surface area contributed by atoms with E-state index in [1.165, 1.54) is 0 Å². The molecule has 6 rings (SSSR count). The van der Waals surface area contributed by atoms with Gasteiger partial charge in [-0.2, -0.15) is 0 Å². The maximum Gasteiger partial charge on any atom is 0.205 e. The fraction of sp³-hybridized carbons (Fsp3) is 0.800. The minimum absolute atomic E-state index is 0.000372. The Morgan fingerprint density at radius 2 is 2.00 bits per heavy atom. The molecule has 4 nitrogen and oxygen atoms in total. The lowest BCUT2D eigenvalue weighted by atomic mass is 9.36. The third kappa shape index (κ3) is 1.38. The topological polar surface area (TPSA) is 63.6 Å². The first-order valence-corrected chi connectivity index (χ1v) is 9.37. The molecule has 4 bridgehead atoms. The van der Waals surface area contributed by atoms with Gasteiger partial charge >= 0.3 is 0 Å². The molecule has 0 spiro atoms. The van der Waals surface area contributed by atoms with Crippen LogP contribution in [0.25, 0.3) is 0 Å². The highest BCUT2D eigenvalue weighted by atomic mass is 16.5. The second kappa shape index (κ2) is 4.21. The van der Waals surface area contributed by atoms with Crippen LogP contribution in [-0.4, -0.2) is 35.0 Å². The minimum atomic E-state index is -1.14. The molecule has 0 aromatic carbocycles. The fourth-order valence-corrected chi connectivity index (χ4v) is 7.32. The van der Waals surface area contributed by atoms with Gasteiger partial charge in [0.25, 0.3) is 0 Å². The first-order valence-electron chi connectivity index (χ1n) is 9.37. The van der Waals surface area contributed by atoms with Crippen molar-refractivity contribution in [2.75, 3.05) is 6.61 Å². The molecule has 24 heavy (non-hydrogen) atoms. The van der Waals surface area contributed by atoms with Gasteiger partial charge in [0.1, 0.15) is 0 Å². The second-order valence-corrected chi connectivity index (χ2v) is 9.38. The van der Waals surface area contributed by atoms with Gasteiger partial charge in [0, 0.05) is 16.7 Å². The lowest BCUT2D eigenvalue weighted by Gasteiger charge is -2.69. The molecule has 5 aliphatic carbocycles. The van der Waals surface area contributed by atoms with E-state index in [9.17, 15) is 14.7 Å². The molecule has 0 amide bonds. The third-order valence-corrected chi connectivity index (χ3v) is 8.71. The van der Waals surface area contributed by atoms with Crippen LogP contribution in [0, 0.1) is 34.5 Å². The maximum absolute atomic E-state index is 13.2. The van der Waals surface area contributed by atoms with Gasteiger partial charge in [-0.25, -0.2) is 0 Å². The number of aliphatic hydroxyl groups is 1. The summed E-state index contributed by atoms with van der Waals surface area (Å²) in [6.07, 6.45) is 4.44. The number of carbonyl (C=O) groups excluding carboxylic acids is 2. The van der Waals surface area contributed by atoms with Gasteiger partial charge in [0.05, 0.1) is 24.2 Å². The number of carbonyl (C=O) groups is 2. The van der Waals surface area contributed by atoms with Crippen molar-refractivity contribution in [2.24, 2.45) is 34.5 Å². The Balaban J connectivity index is 1.68. The van der Waals surface area contributed by atoms with Crippen molar-refractivity contribution < 1.29 is 19.4 Å². The summed E-state index contributed by atoms with van der Waals surface area (Å²) in [6.45, 7) is 8.77. The summed E-state index contributed by atoms with van der Waals surface area (Å²) in [5.41, 5.74) is -0.877. The van der Waals surface area contributed by atoms with Crippen LogP contribution in [0.3, 0.4) is 0 Å². The van der Waals surface area contributed by atoms with E-state index in [0.717, 1.165) is 31.3 Å². The largest absolute Gasteiger partial charge is 0.385 e. The van der Waals surface area contributed by atoms with Crippen molar-refractivity contribution in [3.8, 4) is 0 Å². The number of Topliss-reactive ketones (excluding diaryl/α,β-unsaturated/α-hetero) is 2. The highest BCUT2D eigenvalue weighted by Gasteiger charge is 2.74. The normalized spacial score (nSPS) is 58.6. The first-order chi connectivity index (χ1) is 11.3. The highest BCUT2D eigenvalue weighted by molar-refractivity contribution is 6.40. The molecule has 1 aliphatic heterocycles. The van der Waals surface area contributed by atoms with Gasteiger partial charge in [-0.05, 0) is 50.0 Å². The predicted octanol–water partition coefficient (Wildman–Crippen LogP) is 2.29. The van der Waals surface area contributed by atoms with Crippen molar-refractivity contribution in [2.45, 2.75) is 57.7 Å². The molecule has 130 valence electrons. The van der Waals surface area contributed by atoms with Crippen LogP contribution < -0.4 is 0 Å². The van der Waals surface area contributed by atoms with E-state index in [2.05, 4.69) is 13.5 Å². The standard InChI is InChI=1S/C20H26O4/c1-10-12-7-13-14(20(10,23)8-12)15(21)16(22)17-18(3)5-4-6-19(13,17)9-24-11(18)2/h11-14,17,23H,1,4-9H2,2-3H3/t11-,12+,13?,14?,17?,18-,19+,20+/m0/s1. The van der Waals surface area contributed by atoms with E-state index >= 15 is 0 Å². The lowest BCUT2D eigenvalue weighted by Crippen LogP contribution is -2.75. The van der Waals surface area contributed by atoms with E-state index in [0.29, 0.717) is 18.9 Å². The molecule has 8 atom stereocenters. The molecule has 3 unspecified atom stereocenters. The molecule has 1 heterocycles. The average molecular weight is 330 g/mol. The van der Waals surface area contributed by atoms with Crippen molar-refractivity contribution in [1.82, 2.24) is 0 Å². The van der Waals surface area contributed by atoms with E-state index in [1.807, 2.05) is 6.92 Å². The SMILES string of the molecule is C=C1[C@@H]2CC3C(C(=O)C(=O)C4[C@@]35CCC[C@@]4(C)[C@H](C)OC5)[C@@]1(O)C2. The van der Waals surface area contributed by atoms with Crippen LogP contribution in [0.4, 0.5) is 0 Å². The van der Waals surface area contributed by atoms with Crippen LogP contribution in [0.5, 0.6) is 0 Å². The van der Waals surface area contributed by atoms with Gasteiger partial charge in [0.15, 0.2) is 0 Å². The number of ether oxygens (including phenoxy) is 1. The highest BCUT2D eigenvalue weighted by Crippen LogP contribution is 2.70. The van der Waals surface area contributed by atoms with Crippen molar-refractivity contribution >= 4 is 11.6 Å². The van der Waals surface area contributed by atoms with Crippen LogP contribution in [0.2, 0.25) is 0 Å². The minimum Gasteiger partial charge on any atom is -0.385 e. The van der Waals surface area contributed by atoms with Gasteiger partial charge < -0.3 is 9.84 Å². The molecule has 0 aromatic heterocycles. The van der Waals surface area contributed by atoms with E-state index < -0.39 is 11.5 Å². The summed E-state index contributed by atoms with van der Waals surface area (Å²) in [4.78, 5) is 26.3. The smallest absolute Gasteiger partial charge is 0.205 e. The lowest BCUT2D eigenvalue weighted by molar-refractivity contribution is -0.257. The molecule has 6 fully saturated rings. The number of hydrogen-bond acceptors (Lipinski definition) is 4. The zero-order valence-electron chi connectivity index (χ0n) is 14.5. The zero-order chi connectivity index (χ0) is 17.1. The van der Waals surface area contributed by atoms with Gasteiger partial charge in [-0.3, -0.25) is 9.59 Å². The Kier molecular flexibility index (Phi) is 2.68. The molecule has 4 heteroatoms. The zero-order valence-corrected chi connectivity index (χ0v) is 14.5. The summed E-state index contributed by atoms with van der Waals surface area (Å²) < 4.78 is 6.18. The van der Waals surface area contributed by atoms with Crippen molar-refractivity contribution in [3.63, 3.8) is 0 Å². The molecule has 0 aromatic rings. The van der Waals surface area contributed by atoms with Crippen molar-refractivity contribution in [1.29, 1.82) is 0 Å². The molecule has 6 aliphatic rings. The summed E-state index contributed by atoms with van der Waals surface area (Å²) in [5.74, 6) is -1.01. The average Bonchev–Trinajstić information content (AvgIpc) is 2.55. The van der Waals surface area contributed by atoms with Gasteiger partial charge in [-0.1, -0.05) is 19.9 Å². The maximum atomic E-state index is 13.2. The van der Waals surface area contributed by atoms with Crippen molar-refractivity contribution in [3.05, 3.63) is 12.2 Å². The van der Waals surface area contributed by atoms with Crippen LogP contribution in [0.1, 0.15) is 46.0 Å². The Morgan fingerprint density at radius 1 is 1.25 bits per heavy atom. The Labute approximate surface area is 142 Å². The summed E-state index contributed by atoms with van der Waals surface area (Å²) >= 11 is 0. The molecular formula is C20H26O4. The molecule has 1 saturated heterocycles. The number of rotatable bonds is 0. The van der Waals surface area contributed by atoms with Crippen LogP contribution in [-0.2, 0) is 14.3 Å². The Bertz CT molecular complexity index is 683. The number of ketones is 2. The second-order valence-electron chi connectivity index (χ2n) is 9.38. The summed E-state index contributed by atoms with van der Waals surface area (Å²) in [5, 5.41) is 11.1. The Morgan fingerprint density at radius 3 is 2.71 bits per heavy atom.